The molecule has 346 valence electrons. The number of piperazine rings is 1. The van der Waals surface area contributed by atoms with Crippen LogP contribution in [0.3, 0.4) is 0 Å². The molecule has 4 aromatic rings. The van der Waals surface area contributed by atoms with E-state index in [0.717, 1.165) is 44.3 Å². The number of halogens is 2. The zero-order valence-corrected chi connectivity index (χ0v) is 40.8. The van der Waals surface area contributed by atoms with Crippen LogP contribution in [0.4, 0.5) is 19.4 Å². The van der Waals surface area contributed by atoms with Crippen LogP contribution >= 0.6 is 0 Å². The van der Waals surface area contributed by atoms with E-state index in [2.05, 4.69) is 69.4 Å². The zero-order chi connectivity index (χ0) is 46.5. The molecular weight excluding hydrogens is 843 g/mol. The normalized spacial score (nSPS) is 25.3. The van der Waals surface area contributed by atoms with E-state index in [9.17, 15) is 4.79 Å². The summed E-state index contributed by atoms with van der Waals surface area (Å²) < 4.78 is 59.7. The number of aromatic nitrogens is 3. The van der Waals surface area contributed by atoms with E-state index in [4.69, 9.17) is 33.9 Å². The first-order chi connectivity index (χ1) is 30.8. The number of carbonyl (C=O) groups is 1. The lowest BCUT2D eigenvalue weighted by Crippen LogP contribution is -2.65. The number of benzene rings is 2. The highest BCUT2D eigenvalue weighted by atomic mass is 28.3. The van der Waals surface area contributed by atoms with E-state index in [0.29, 0.717) is 50.7 Å². The summed E-state index contributed by atoms with van der Waals surface area (Å²) in [7, 11) is -0.568. The molecule has 11 nitrogen and oxygen atoms in total. The number of amides is 1. The second-order valence-electron chi connectivity index (χ2n) is 21.1. The monoisotopic (exact) mass is 906 g/mol. The molecular formula is C51H64F2N6O5Si. The van der Waals surface area contributed by atoms with Crippen LogP contribution in [0.5, 0.6) is 11.9 Å². The molecule has 6 atom stereocenters. The molecule has 7 heterocycles. The largest absolute Gasteiger partial charge is 0.472 e. The zero-order valence-electron chi connectivity index (χ0n) is 39.8. The number of fused-ring (bicyclic) bond motifs is 7. The Morgan fingerprint density at radius 3 is 2.45 bits per heavy atom. The van der Waals surface area contributed by atoms with Crippen molar-refractivity contribution < 1.29 is 32.5 Å². The van der Waals surface area contributed by atoms with Crippen molar-refractivity contribution in [3.8, 4) is 34.6 Å². The van der Waals surface area contributed by atoms with Crippen molar-refractivity contribution in [2.24, 2.45) is 0 Å². The SMILES string of the molecule is C=C1CN2C[C@@H](OC)CC2(COc2nc3c4c(nc(-c5cccc6ccc(F)c(C#C[Si](C(C)C)(C(C)C)C(C)C)c56)c(F)c4n2)O[C@@H](C)[C@@H]2[C@@H]4CC[C@H](CN32)N4C(=O)OC(C)(C)C)C1. The molecule has 2 aromatic heterocycles. The fourth-order valence-electron chi connectivity index (χ4n) is 12.4. The predicted octanol–water partition coefficient (Wildman–Crippen LogP) is 10.2. The Hall–Kier alpha value is -4.84. The first-order valence-corrected chi connectivity index (χ1v) is 25.7. The molecule has 9 rings (SSSR count). The molecule has 5 aliphatic rings. The van der Waals surface area contributed by atoms with Crippen LogP contribution in [0.1, 0.15) is 100 Å². The molecule has 0 saturated carbocycles. The number of nitrogens with zero attached hydrogens (tertiary/aromatic N) is 6. The summed E-state index contributed by atoms with van der Waals surface area (Å²) in [6.45, 7) is 27.4. The maximum atomic E-state index is 18.0. The van der Waals surface area contributed by atoms with Crippen molar-refractivity contribution in [3.63, 3.8) is 0 Å². The maximum absolute atomic E-state index is 18.0. The van der Waals surface area contributed by atoms with Crippen LogP contribution in [0.2, 0.25) is 16.6 Å². The van der Waals surface area contributed by atoms with Gasteiger partial charge in [0.05, 0.1) is 35.3 Å². The molecule has 1 unspecified atom stereocenters. The third-order valence-electron chi connectivity index (χ3n) is 15.1. The van der Waals surface area contributed by atoms with E-state index in [1.54, 1.807) is 19.2 Å². The highest BCUT2D eigenvalue weighted by molar-refractivity contribution is 6.90. The second-order valence-corrected chi connectivity index (χ2v) is 26.7. The Kier molecular flexibility index (Phi) is 11.5. The van der Waals surface area contributed by atoms with Gasteiger partial charge in [-0.3, -0.25) is 9.80 Å². The van der Waals surface area contributed by atoms with Crippen LogP contribution < -0.4 is 14.4 Å². The van der Waals surface area contributed by atoms with Crippen molar-refractivity contribution >= 4 is 41.7 Å². The molecule has 2 aromatic carbocycles. The molecule has 0 aliphatic carbocycles. The van der Waals surface area contributed by atoms with Gasteiger partial charge in [-0.2, -0.15) is 9.97 Å². The minimum atomic E-state index is -2.30. The third-order valence-corrected chi connectivity index (χ3v) is 21.4. The van der Waals surface area contributed by atoms with Crippen molar-refractivity contribution in [2.45, 2.75) is 153 Å². The number of rotatable bonds is 8. The number of anilines is 1. The van der Waals surface area contributed by atoms with Gasteiger partial charge in [-0.1, -0.05) is 83.9 Å². The molecule has 0 N–H and O–H groups in total. The van der Waals surface area contributed by atoms with Gasteiger partial charge in [-0.05, 0) is 81.5 Å². The topological polar surface area (TPSA) is 102 Å². The molecule has 2 bridgehead atoms. The van der Waals surface area contributed by atoms with Crippen LogP contribution in [0, 0.1) is 23.1 Å². The summed E-state index contributed by atoms with van der Waals surface area (Å²) in [6, 6.07) is 7.79. The quantitative estimate of drug-likeness (QED) is 0.0965. The molecule has 4 saturated heterocycles. The highest BCUT2D eigenvalue weighted by Gasteiger charge is 2.55. The lowest BCUT2D eigenvalue weighted by Gasteiger charge is -2.48. The smallest absolute Gasteiger partial charge is 0.410 e. The summed E-state index contributed by atoms with van der Waals surface area (Å²) in [4.78, 5) is 35.2. The van der Waals surface area contributed by atoms with E-state index in [-0.39, 0.29) is 65.1 Å². The second kappa shape index (κ2) is 16.5. The molecule has 65 heavy (non-hydrogen) atoms. The van der Waals surface area contributed by atoms with Gasteiger partial charge in [-0.15, -0.1) is 5.54 Å². The third kappa shape index (κ3) is 7.53. The van der Waals surface area contributed by atoms with Crippen molar-refractivity contribution in [1.82, 2.24) is 24.8 Å². The molecule has 0 radical (unpaired) electrons. The number of methoxy groups -OCH3 is 1. The molecule has 14 heteroatoms. The van der Waals surface area contributed by atoms with Gasteiger partial charge in [0.15, 0.2) is 5.82 Å². The van der Waals surface area contributed by atoms with Gasteiger partial charge in [0.1, 0.15) is 54.6 Å². The van der Waals surface area contributed by atoms with Crippen molar-refractivity contribution in [1.29, 1.82) is 0 Å². The molecule has 1 amide bonds. The summed E-state index contributed by atoms with van der Waals surface area (Å²) in [5.41, 5.74) is 5.28. The lowest BCUT2D eigenvalue weighted by atomic mass is 9.93. The molecule has 4 fully saturated rings. The van der Waals surface area contributed by atoms with E-state index < -0.39 is 37.5 Å². The summed E-state index contributed by atoms with van der Waals surface area (Å²) in [6.07, 6.45) is 2.11. The van der Waals surface area contributed by atoms with E-state index >= 15 is 8.78 Å². The Morgan fingerprint density at radius 1 is 1.02 bits per heavy atom. The maximum Gasteiger partial charge on any atom is 0.410 e. The number of pyridine rings is 1. The molecule has 5 aliphatic heterocycles. The number of carbonyl (C=O) groups excluding carboxylic acids is 1. The van der Waals surface area contributed by atoms with Crippen LogP contribution in [-0.2, 0) is 9.47 Å². The minimum absolute atomic E-state index is 0.0157. The predicted molar refractivity (Wildman–Crippen MR) is 253 cm³/mol. The Balaban J connectivity index is 1.23. The first kappa shape index (κ1) is 45.3. The fraction of sp³-hybridized carbons (Fsp3) is 0.569. The average molecular weight is 907 g/mol. The van der Waals surface area contributed by atoms with Gasteiger partial charge >= 0.3 is 12.1 Å². The Labute approximate surface area is 383 Å². The van der Waals surface area contributed by atoms with Gasteiger partial charge in [0.2, 0.25) is 5.88 Å². The average Bonchev–Trinajstić information content (AvgIpc) is 3.82. The van der Waals surface area contributed by atoms with Gasteiger partial charge < -0.3 is 23.8 Å². The number of hydrogen-bond donors (Lipinski definition) is 0. The first-order valence-electron chi connectivity index (χ1n) is 23.4. The Morgan fingerprint density at radius 2 is 1.75 bits per heavy atom. The van der Waals surface area contributed by atoms with Gasteiger partial charge in [0.25, 0.3) is 0 Å². The van der Waals surface area contributed by atoms with Crippen LogP contribution in [0.15, 0.2) is 42.5 Å². The number of hydrogen-bond acceptors (Lipinski definition) is 10. The summed E-state index contributed by atoms with van der Waals surface area (Å²) in [5, 5.41) is 1.50. The van der Waals surface area contributed by atoms with Crippen molar-refractivity contribution in [2.75, 3.05) is 38.3 Å². The van der Waals surface area contributed by atoms with E-state index in [1.165, 1.54) is 6.07 Å². The highest BCUT2D eigenvalue weighted by Crippen LogP contribution is 2.49. The lowest BCUT2D eigenvalue weighted by molar-refractivity contribution is 0.000933. The fourth-order valence-corrected chi connectivity index (χ4v) is 17.6. The van der Waals surface area contributed by atoms with E-state index in [1.807, 2.05) is 44.7 Å². The molecule has 0 spiro atoms. The van der Waals surface area contributed by atoms with Gasteiger partial charge in [-0.25, -0.2) is 18.6 Å². The summed E-state index contributed by atoms with van der Waals surface area (Å²) in [5.74, 6) is 2.78. The van der Waals surface area contributed by atoms with Crippen molar-refractivity contribution in [3.05, 3.63) is 59.7 Å². The Bertz CT molecular complexity index is 2620. The van der Waals surface area contributed by atoms with Gasteiger partial charge in [0, 0.05) is 37.7 Å². The van der Waals surface area contributed by atoms with Crippen LogP contribution in [-0.4, -0.2) is 114 Å². The number of ether oxygens (including phenoxy) is 4. The van der Waals surface area contributed by atoms with Crippen LogP contribution in [0.25, 0.3) is 32.9 Å². The standard InChI is InChI=1S/C51H64F2N6O5Si/c1-28(2)65(29(3)4,30(5)6)21-20-36-38(52)18-16-33-14-13-15-37(40(33)36)43-42(53)44-41-46(56-48(55-44)62-27-51-22-31(7)24-57(51)26-35(23-51)61-12)58-25-34-17-19-39(45(58)32(8)63-47(41)54-43)59(34)49(60)64-50(9,10)11/h13-16,18,28-30,32,34-35,39,45H,7,17,19,22-27H2,1-6,8-12H3/t32-,34+,35-,39-,45+,51?/m0/s1. The minimum Gasteiger partial charge on any atom is -0.472 e. The summed E-state index contributed by atoms with van der Waals surface area (Å²) >= 11 is 0.